The summed E-state index contributed by atoms with van der Waals surface area (Å²) in [6, 6.07) is 7.42. The Labute approximate surface area is 137 Å². The number of aromatic nitrogens is 1. The lowest BCUT2D eigenvalue weighted by atomic mass is 10.1. The number of nitrogens with zero attached hydrogens (tertiary/aromatic N) is 1. The number of thiazole rings is 1. The van der Waals surface area contributed by atoms with Crippen LogP contribution in [0.15, 0.2) is 35.1 Å². The molecule has 122 valence electrons. The van der Waals surface area contributed by atoms with E-state index in [1.165, 1.54) is 4.57 Å². The average molecular weight is 334 g/mol. The highest BCUT2D eigenvalue weighted by Crippen LogP contribution is 2.13. The van der Waals surface area contributed by atoms with Crippen molar-refractivity contribution in [1.82, 2.24) is 9.88 Å². The second-order valence-corrected chi connectivity index (χ2v) is 6.33. The number of aryl methyl sites for hydroxylation is 1. The van der Waals surface area contributed by atoms with Crippen LogP contribution >= 0.6 is 11.3 Å². The van der Waals surface area contributed by atoms with Crippen molar-refractivity contribution in [2.24, 2.45) is 0 Å². The zero-order valence-corrected chi connectivity index (χ0v) is 13.7. The molecule has 1 heterocycles. The van der Waals surface area contributed by atoms with E-state index < -0.39 is 17.9 Å². The molecule has 0 saturated carbocycles. The fourth-order valence-corrected chi connectivity index (χ4v) is 3.08. The molecule has 0 spiro atoms. The molecule has 0 saturated heterocycles. The van der Waals surface area contributed by atoms with Gasteiger partial charge in [0.15, 0.2) is 6.04 Å². The second kappa shape index (κ2) is 7.23. The number of amides is 1. The predicted molar refractivity (Wildman–Crippen MR) is 87.6 cm³/mol. The molecule has 0 aliphatic rings. The van der Waals surface area contributed by atoms with E-state index in [4.69, 9.17) is 0 Å². The molecule has 0 aliphatic heterocycles. The van der Waals surface area contributed by atoms with Crippen molar-refractivity contribution in [3.63, 3.8) is 0 Å². The number of carboxylic acid groups (broad SMARTS) is 1. The van der Waals surface area contributed by atoms with E-state index in [1.807, 2.05) is 13.8 Å². The summed E-state index contributed by atoms with van der Waals surface area (Å²) in [5, 5.41) is 11.8. The number of benzene rings is 1. The summed E-state index contributed by atoms with van der Waals surface area (Å²) in [5.41, 5.74) is 1.35. The van der Waals surface area contributed by atoms with Crippen molar-refractivity contribution in [3.05, 3.63) is 56.1 Å². The molecule has 23 heavy (non-hydrogen) atoms. The van der Waals surface area contributed by atoms with Gasteiger partial charge >= 0.3 is 10.8 Å². The number of nitrogens with one attached hydrogen (secondary N) is 1. The maximum Gasteiger partial charge on any atom is 0.330 e. The number of hydrogen-bond donors (Lipinski definition) is 2. The van der Waals surface area contributed by atoms with Crippen molar-refractivity contribution >= 4 is 23.2 Å². The Kier molecular flexibility index (Phi) is 5.33. The van der Waals surface area contributed by atoms with Crippen LogP contribution < -0.4 is 10.2 Å². The smallest absolute Gasteiger partial charge is 0.330 e. The van der Waals surface area contributed by atoms with Gasteiger partial charge in [-0.15, -0.1) is 0 Å². The van der Waals surface area contributed by atoms with Gasteiger partial charge in [-0.05, 0) is 19.4 Å². The van der Waals surface area contributed by atoms with Crippen molar-refractivity contribution in [2.75, 3.05) is 0 Å². The van der Waals surface area contributed by atoms with Crippen LogP contribution in [0.4, 0.5) is 0 Å². The van der Waals surface area contributed by atoms with E-state index in [-0.39, 0.29) is 17.8 Å². The Hall–Kier alpha value is -2.41. The maximum absolute atomic E-state index is 12.0. The van der Waals surface area contributed by atoms with Crippen LogP contribution in [0.5, 0.6) is 0 Å². The summed E-state index contributed by atoms with van der Waals surface area (Å²) in [6.45, 7) is 3.92. The minimum absolute atomic E-state index is 0.0491. The topological polar surface area (TPSA) is 88.4 Å². The van der Waals surface area contributed by atoms with Gasteiger partial charge in [0.05, 0.1) is 0 Å². The first kappa shape index (κ1) is 17.0. The first-order chi connectivity index (χ1) is 10.9. The zero-order valence-electron chi connectivity index (χ0n) is 12.9. The van der Waals surface area contributed by atoms with E-state index in [2.05, 4.69) is 5.32 Å². The monoisotopic (exact) mass is 334 g/mol. The van der Waals surface area contributed by atoms with E-state index in [9.17, 15) is 19.5 Å². The van der Waals surface area contributed by atoms with Crippen LogP contribution in [-0.2, 0) is 16.1 Å². The molecule has 0 bridgehead atoms. The van der Waals surface area contributed by atoms with Crippen LogP contribution in [0.3, 0.4) is 0 Å². The number of carbonyl (C=O) groups is 2. The Balaban J connectivity index is 2.03. The number of hydrogen-bond acceptors (Lipinski definition) is 4. The van der Waals surface area contributed by atoms with E-state index in [1.54, 1.807) is 30.3 Å². The zero-order chi connectivity index (χ0) is 17.0. The molecular formula is C16H18N2O4S. The predicted octanol–water partition coefficient (Wildman–Crippen LogP) is 1.86. The summed E-state index contributed by atoms with van der Waals surface area (Å²) >= 11 is 1.14. The van der Waals surface area contributed by atoms with Gasteiger partial charge in [-0.3, -0.25) is 9.59 Å². The Morgan fingerprint density at radius 3 is 2.43 bits per heavy atom. The number of carbonyl (C=O) groups excluding carboxylic acids is 1. The van der Waals surface area contributed by atoms with Gasteiger partial charge in [0.25, 0.3) is 0 Å². The first-order valence-electron chi connectivity index (χ1n) is 7.14. The van der Waals surface area contributed by atoms with Crippen LogP contribution in [0, 0.1) is 13.8 Å². The summed E-state index contributed by atoms with van der Waals surface area (Å²) in [5.74, 6) is -1.53. The molecule has 6 nitrogen and oxygen atoms in total. The lowest BCUT2D eigenvalue weighted by Crippen LogP contribution is -2.34. The third-order valence-electron chi connectivity index (χ3n) is 3.62. The Morgan fingerprint density at radius 1 is 1.26 bits per heavy atom. The Bertz CT molecular complexity index is 764. The van der Waals surface area contributed by atoms with E-state index in [0.717, 1.165) is 21.9 Å². The van der Waals surface area contributed by atoms with Crippen LogP contribution in [0.2, 0.25) is 0 Å². The van der Waals surface area contributed by atoms with Crippen molar-refractivity contribution < 1.29 is 14.7 Å². The van der Waals surface area contributed by atoms with Gasteiger partial charge in [-0.1, -0.05) is 41.7 Å². The average Bonchev–Trinajstić information content (AvgIpc) is 2.76. The third kappa shape index (κ3) is 4.07. The fraction of sp³-hybridized carbons (Fsp3) is 0.312. The molecule has 1 amide bonds. The highest BCUT2D eigenvalue weighted by atomic mass is 32.1. The van der Waals surface area contributed by atoms with Gasteiger partial charge in [0.1, 0.15) is 0 Å². The van der Waals surface area contributed by atoms with Gasteiger partial charge in [0, 0.05) is 23.5 Å². The quantitative estimate of drug-likeness (QED) is 0.844. The van der Waals surface area contributed by atoms with Crippen LogP contribution in [-0.4, -0.2) is 21.6 Å². The molecule has 0 aliphatic carbocycles. The minimum atomic E-state index is -1.12. The molecule has 2 aromatic rings. The molecule has 2 rings (SSSR count). The van der Waals surface area contributed by atoms with Gasteiger partial charge in [-0.2, -0.15) is 0 Å². The largest absolute Gasteiger partial charge is 0.479 e. The molecule has 1 atom stereocenters. The highest BCUT2D eigenvalue weighted by molar-refractivity contribution is 7.09. The van der Waals surface area contributed by atoms with Crippen molar-refractivity contribution in [1.29, 1.82) is 0 Å². The first-order valence-corrected chi connectivity index (χ1v) is 7.95. The highest BCUT2D eigenvalue weighted by Gasteiger charge is 2.21. The summed E-state index contributed by atoms with van der Waals surface area (Å²) < 4.78 is 1.54. The lowest BCUT2D eigenvalue weighted by molar-refractivity contribution is -0.142. The third-order valence-corrected chi connectivity index (χ3v) is 4.62. The number of aliphatic carboxylic acids is 1. The summed E-state index contributed by atoms with van der Waals surface area (Å²) in [6.07, 6.45) is 0.0491. The SMILES string of the molecule is Cc1sc(=O)n(CCC(=O)N[C@H](C(=O)O)c2ccccc2)c1C. The molecule has 0 radical (unpaired) electrons. The summed E-state index contributed by atoms with van der Waals surface area (Å²) in [7, 11) is 0. The van der Waals surface area contributed by atoms with Gasteiger partial charge in [-0.25, -0.2) is 4.79 Å². The minimum Gasteiger partial charge on any atom is -0.479 e. The fourth-order valence-electron chi connectivity index (χ4n) is 2.23. The molecule has 2 N–H and O–H groups in total. The molecule has 0 unspecified atom stereocenters. The van der Waals surface area contributed by atoms with Crippen molar-refractivity contribution in [2.45, 2.75) is 32.9 Å². The maximum atomic E-state index is 12.0. The molecule has 1 aromatic heterocycles. The lowest BCUT2D eigenvalue weighted by Gasteiger charge is -2.15. The molecule has 0 fully saturated rings. The van der Waals surface area contributed by atoms with Gasteiger partial charge < -0.3 is 15.0 Å². The van der Waals surface area contributed by atoms with Crippen LogP contribution in [0.1, 0.15) is 28.6 Å². The molecular weight excluding hydrogens is 316 g/mol. The molecule has 1 aromatic carbocycles. The van der Waals surface area contributed by atoms with E-state index >= 15 is 0 Å². The Morgan fingerprint density at radius 2 is 1.91 bits per heavy atom. The second-order valence-electron chi connectivity index (χ2n) is 5.16. The summed E-state index contributed by atoms with van der Waals surface area (Å²) in [4.78, 5) is 36.0. The normalized spacial score (nSPS) is 11.9. The molecule has 7 heteroatoms. The van der Waals surface area contributed by atoms with E-state index in [0.29, 0.717) is 5.56 Å². The van der Waals surface area contributed by atoms with Crippen LogP contribution in [0.25, 0.3) is 0 Å². The standard InChI is InChI=1S/C16H18N2O4S/c1-10-11(2)23-16(22)18(10)9-8-13(19)17-14(15(20)21)12-6-4-3-5-7-12/h3-7,14H,8-9H2,1-2H3,(H,17,19)(H,20,21)/t14-/m0/s1. The van der Waals surface area contributed by atoms with Gasteiger partial charge in [0.2, 0.25) is 5.91 Å². The number of carboxylic acids is 1. The number of rotatable bonds is 6. The van der Waals surface area contributed by atoms with Crippen molar-refractivity contribution in [3.8, 4) is 0 Å².